The fourth-order valence-electron chi connectivity index (χ4n) is 13.0. The molecule has 12 aromatic rings. The minimum Gasteiger partial charge on any atom is -0.0623 e. The van der Waals surface area contributed by atoms with Crippen LogP contribution in [0.15, 0.2) is 267 Å². The average molecular weight is 1640 g/mol. The number of rotatable bonds is 14. The number of nitrogens with zero attached hydrogens (tertiary/aromatic N) is 4. The summed E-state index contributed by atoms with van der Waals surface area (Å²) in [5.74, 6) is 5.16. The Hall–Kier alpha value is -6.72. The van der Waals surface area contributed by atoms with Gasteiger partial charge in [0.15, 0.2) is 0 Å². The number of hydrogen-bond acceptors (Lipinski definition) is 0. The topological polar surface area (TPSA) is 17.6 Å². The van der Waals surface area contributed by atoms with E-state index in [1.54, 1.807) is 18.1 Å². The van der Waals surface area contributed by atoms with Crippen molar-refractivity contribution < 1.29 is 9.13 Å². The molecule has 4 nitrogen and oxygen atoms in total. The van der Waals surface area contributed by atoms with Gasteiger partial charge in [-0.3, -0.25) is 0 Å². The minimum atomic E-state index is -1.12. The first-order chi connectivity index (χ1) is 47.2. The Morgan fingerprint density at radius 2 is 0.449 bits per heavy atom. The number of imidazole rings is 2. The average Bonchev–Trinajstić information content (AvgIpc) is 1.53. The van der Waals surface area contributed by atoms with Gasteiger partial charge in [0.1, 0.15) is 0 Å². The zero-order valence-corrected chi connectivity index (χ0v) is 69.5. The third-order valence-electron chi connectivity index (χ3n) is 17.8. The van der Waals surface area contributed by atoms with E-state index in [9.17, 15) is 0 Å². The van der Waals surface area contributed by atoms with Gasteiger partial charge in [-0.2, -0.15) is 0 Å². The van der Waals surface area contributed by atoms with Crippen LogP contribution in [0.4, 0.5) is 0 Å². The second kappa shape index (κ2) is 36.1. The normalized spacial score (nSPS) is 11.6. The van der Waals surface area contributed by atoms with Crippen LogP contribution in [0.3, 0.4) is 0 Å². The van der Waals surface area contributed by atoms with E-state index in [2.05, 4.69) is 287 Å². The third kappa shape index (κ3) is 17.9. The van der Waals surface area contributed by atoms with Gasteiger partial charge in [-0.1, -0.05) is 72.8 Å². The number of aromatic nitrogens is 4. The molecule has 6 radical (unpaired) electrons. The summed E-state index contributed by atoms with van der Waals surface area (Å²) in [6.07, 6.45) is 0. The molecule has 0 aliphatic carbocycles. The van der Waals surface area contributed by atoms with Crippen molar-refractivity contribution in [2.75, 3.05) is 0 Å². The van der Waals surface area contributed by atoms with Crippen molar-refractivity contribution in [1.82, 2.24) is 9.13 Å². The predicted molar refractivity (Wildman–Crippen MR) is 425 cm³/mol. The Labute approximate surface area is 628 Å². The van der Waals surface area contributed by atoms with Crippen LogP contribution in [0.2, 0.25) is 0 Å². The maximum atomic E-state index is 2.87. The molecule has 0 fully saturated rings. The number of hydrogen-bond donors (Lipinski definition) is 0. The van der Waals surface area contributed by atoms with E-state index >= 15 is 0 Å². The maximum absolute atomic E-state index is 2.87. The van der Waals surface area contributed by atoms with Crippen LogP contribution in [0.5, 0.6) is 0 Å². The van der Waals surface area contributed by atoms with E-state index in [0.29, 0.717) is 47.3 Å². The maximum Gasteiger partial charge on any atom is -0.0623 e. The molecule has 8 heteroatoms. The van der Waals surface area contributed by atoms with E-state index < -0.39 is 30.9 Å². The van der Waals surface area contributed by atoms with Crippen molar-refractivity contribution in [3.63, 3.8) is 0 Å². The molecule has 0 N–H and O–H groups in total. The van der Waals surface area contributed by atoms with Crippen molar-refractivity contribution in [2.45, 2.75) is 158 Å². The summed E-state index contributed by atoms with van der Waals surface area (Å²) in [5.41, 5.74) is 19.4. The monoisotopic (exact) mass is 1640 g/mol. The van der Waals surface area contributed by atoms with Crippen LogP contribution in [0.1, 0.15) is 203 Å². The van der Waals surface area contributed by atoms with Gasteiger partial charge in [0.25, 0.3) is 0 Å². The van der Waals surface area contributed by atoms with E-state index in [4.69, 9.17) is 0 Å². The molecule has 0 saturated carbocycles. The Morgan fingerprint density at radius 1 is 0.245 bits per heavy atom. The summed E-state index contributed by atoms with van der Waals surface area (Å²) < 4.78 is 20.3. The summed E-state index contributed by atoms with van der Waals surface area (Å²) in [7, 11) is 0. The van der Waals surface area contributed by atoms with Crippen LogP contribution in [0.25, 0.3) is 45.5 Å². The van der Waals surface area contributed by atoms with Gasteiger partial charge in [0.2, 0.25) is 0 Å². The van der Waals surface area contributed by atoms with Crippen LogP contribution in [-0.4, -0.2) is 84.6 Å². The minimum absolute atomic E-state index is 0.322. The van der Waals surface area contributed by atoms with Crippen molar-refractivity contribution in [3.05, 3.63) is 311 Å². The van der Waals surface area contributed by atoms with E-state index in [0.717, 1.165) is 0 Å². The smallest absolute Gasteiger partial charge is 0.0623 e. The molecule has 0 saturated heterocycles. The molecular weight excluding hydrogens is 1540 g/mol. The molecule has 13 rings (SSSR count). The molecule has 0 amide bonds. The molecule has 1 aliphatic heterocycles. The van der Waals surface area contributed by atoms with Gasteiger partial charge in [-0.05, 0) is 0 Å². The molecule has 0 bridgehead atoms. The van der Waals surface area contributed by atoms with E-state index in [1.165, 1.54) is 97.3 Å². The Kier molecular flexibility index (Phi) is 27.8. The molecule has 98 heavy (non-hydrogen) atoms. The SMILES string of the molecule is CC(C)c1cccc(C(C)C)c1-n1[c]2[c]([n+](-c3c(C(C)C)cccc3C(C)C)c1-c1ccccc1)[Ge][c]1[c](n(-c3c(C(C)C)cccc3C(C)C)c(-c3ccccc3)[n+]1-c1c(C(C)C)cccc1C(C)C)[Ge]2.[Te]c1ccccc1.[Te]c1ccccc1.c1ccccc1.c1ccccc1. The Morgan fingerprint density at radius 3 is 0.653 bits per heavy atom. The third-order valence-corrected chi connectivity index (χ3v) is 27.4. The van der Waals surface area contributed by atoms with Crippen LogP contribution in [0, 0.1) is 0 Å². The zero-order valence-electron chi connectivity index (χ0n) is 60.6. The van der Waals surface area contributed by atoms with Crippen molar-refractivity contribution in [1.29, 1.82) is 0 Å². The van der Waals surface area contributed by atoms with Gasteiger partial charge in [0, 0.05) is 0 Å². The van der Waals surface area contributed by atoms with Gasteiger partial charge in [0.05, 0.1) is 0 Å². The standard InChI is InChI=1S/C66H78Ge2N4.2C6H5Te.2C6H6/c1-39(2)49-31-23-32-50(40(3)4)57(49)69-61-62(70(65(69)47-27-19-17-20-28-47)58-51(41(5)6)33-24-34-52(58)42(7)8)68-64-63(67-61)71(59-53(43(9)10)35-25-36-54(59)44(11)12)66(48-29-21-18-22-30-48)72(64)60-55(45(13)14)37-26-38-56(60)46(15)16;2*7-6-4-2-1-3-5-6;2*1-2-4-6-5-3-1/h17-46H,1-16H3;2*1-5H;2*1-6H/q+2;;;;. The zero-order chi connectivity index (χ0) is 70.2. The predicted octanol–water partition coefficient (Wildman–Crippen LogP) is 18.1. The molecule has 10 aromatic carbocycles. The summed E-state index contributed by atoms with van der Waals surface area (Å²) >= 11 is 1.79. The first kappa shape index (κ1) is 75.5. The molecule has 3 heterocycles. The number of fused-ring (bicyclic) bond motifs is 2. The Balaban J connectivity index is 0.000000356. The molecule has 1 aliphatic rings. The van der Waals surface area contributed by atoms with E-state index in [-0.39, 0.29) is 0 Å². The second-order valence-electron chi connectivity index (χ2n) is 27.7. The molecule has 0 atom stereocenters. The van der Waals surface area contributed by atoms with Crippen molar-refractivity contribution in [2.24, 2.45) is 0 Å². The molecule has 0 unspecified atom stereocenters. The van der Waals surface area contributed by atoms with Crippen molar-refractivity contribution in [3.8, 4) is 45.5 Å². The number of para-hydroxylation sites is 4. The molecule has 498 valence electrons. The first-order valence-electron chi connectivity index (χ1n) is 35.3. The largest absolute Gasteiger partial charge is 0.0623 e. The van der Waals surface area contributed by atoms with Crippen LogP contribution in [-0.2, 0) is 0 Å². The first-order valence-corrected chi connectivity index (χ1v) is 41.8. The quantitative estimate of drug-likeness (QED) is 0.0763. The summed E-state index contributed by atoms with van der Waals surface area (Å²) in [6, 6.07) is 96.2. The van der Waals surface area contributed by atoms with E-state index in [1.807, 2.05) is 154 Å². The van der Waals surface area contributed by atoms with Gasteiger partial charge >= 0.3 is 561 Å². The molecule has 0 spiro atoms. The summed E-state index contributed by atoms with van der Waals surface area (Å²) in [4.78, 5) is 0. The van der Waals surface area contributed by atoms with Crippen LogP contribution < -0.4 is 34.5 Å². The van der Waals surface area contributed by atoms with Crippen molar-refractivity contribution >= 4 is 101 Å². The van der Waals surface area contributed by atoms with Gasteiger partial charge in [-0.25, -0.2) is 0 Å². The summed E-state index contributed by atoms with van der Waals surface area (Å²) in [5, 5.41) is 0. The van der Waals surface area contributed by atoms with Crippen LogP contribution >= 0.6 is 0 Å². The summed E-state index contributed by atoms with van der Waals surface area (Å²) in [6.45, 7) is 38.4. The second-order valence-corrected chi connectivity index (χ2v) is 35.4. The Bertz CT molecular complexity index is 3840. The fourth-order valence-corrected chi connectivity index (χ4v) is 22.2. The number of benzene rings is 10. The molecule has 2 aromatic heterocycles. The molecular formula is C90H100Ge2N4Te2+2. The van der Waals surface area contributed by atoms with Gasteiger partial charge < -0.3 is 0 Å². The van der Waals surface area contributed by atoms with Gasteiger partial charge in [-0.15, -0.1) is 0 Å². The fraction of sp³-hybridized carbons (Fsp3) is 0.267.